The lowest BCUT2D eigenvalue weighted by Gasteiger charge is -2.36. The van der Waals surface area contributed by atoms with Gasteiger partial charge in [-0.25, -0.2) is 18.2 Å². The molecule has 0 atom stereocenters. The fourth-order valence-electron chi connectivity index (χ4n) is 3.56. The largest absolute Gasteiger partial charge is 0.487 e. The first-order chi connectivity index (χ1) is 13.9. The highest BCUT2D eigenvalue weighted by Gasteiger charge is 2.31. The second kappa shape index (κ2) is 7.88. The van der Waals surface area contributed by atoms with Gasteiger partial charge in [-0.15, -0.1) is 0 Å². The SMILES string of the molecule is Nc1cc2c(CN[C@H]3C[C@H](Oc4ccc(F)cc4F)C3)c(F)cc(CO)c2cn1. The number of ether oxygens (including phenoxy) is 1. The molecule has 1 heterocycles. The summed E-state index contributed by atoms with van der Waals surface area (Å²) in [5.41, 5.74) is 6.65. The van der Waals surface area contributed by atoms with Crippen molar-refractivity contribution in [2.24, 2.45) is 0 Å². The Morgan fingerprint density at radius 2 is 1.90 bits per heavy atom. The number of aliphatic hydroxyl groups excluding tert-OH is 1. The number of hydrogen-bond acceptors (Lipinski definition) is 5. The first-order valence-corrected chi connectivity index (χ1v) is 9.26. The van der Waals surface area contributed by atoms with E-state index in [9.17, 15) is 18.3 Å². The number of halogens is 3. The van der Waals surface area contributed by atoms with Gasteiger partial charge in [-0.1, -0.05) is 0 Å². The van der Waals surface area contributed by atoms with Crippen LogP contribution < -0.4 is 15.8 Å². The zero-order valence-electron chi connectivity index (χ0n) is 15.5. The van der Waals surface area contributed by atoms with E-state index < -0.39 is 17.5 Å². The smallest absolute Gasteiger partial charge is 0.167 e. The van der Waals surface area contributed by atoms with Crippen LogP contribution in [0.25, 0.3) is 10.8 Å². The van der Waals surface area contributed by atoms with E-state index in [0.717, 1.165) is 12.1 Å². The normalized spacial score (nSPS) is 18.6. The lowest BCUT2D eigenvalue weighted by Crippen LogP contribution is -2.46. The number of hydrogen-bond donors (Lipinski definition) is 3. The molecule has 3 aromatic rings. The molecule has 152 valence electrons. The molecular weight excluding hydrogens is 383 g/mol. The summed E-state index contributed by atoms with van der Waals surface area (Å²) in [6.45, 7) is -0.0336. The molecule has 8 heteroatoms. The highest BCUT2D eigenvalue weighted by Crippen LogP contribution is 2.30. The molecule has 1 fully saturated rings. The van der Waals surface area contributed by atoms with E-state index in [0.29, 0.717) is 34.7 Å². The molecular formula is C21H20F3N3O2. The number of aliphatic hydroxyl groups is 1. The quantitative estimate of drug-likeness (QED) is 0.588. The van der Waals surface area contributed by atoms with Crippen LogP contribution in [-0.4, -0.2) is 22.2 Å². The summed E-state index contributed by atoms with van der Waals surface area (Å²) in [6.07, 6.45) is 2.58. The molecule has 2 aromatic carbocycles. The zero-order chi connectivity index (χ0) is 20.5. The van der Waals surface area contributed by atoms with Crippen molar-refractivity contribution < 1.29 is 23.0 Å². The van der Waals surface area contributed by atoms with Crippen molar-refractivity contribution in [2.75, 3.05) is 5.73 Å². The molecule has 1 aliphatic rings. The topological polar surface area (TPSA) is 80.4 Å². The van der Waals surface area contributed by atoms with E-state index in [2.05, 4.69) is 10.3 Å². The molecule has 1 aromatic heterocycles. The molecule has 0 amide bonds. The van der Waals surface area contributed by atoms with Gasteiger partial charge in [0.1, 0.15) is 23.6 Å². The van der Waals surface area contributed by atoms with Crippen molar-refractivity contribution in [1.82, 2.24) is 10.3 Å². The van der Waals surface area contributed by atoms with Gasteiger partial charge in [0.2, 0.25) is 0 Å². The molecule has 0 aliphatic heterocycles. The van der Waals surface area contributed by atoms with E-state index in [-0.39, 0.29) is 36.9 Å². The summed E-state index contributed by atoms with van der Waals surface area (Å²) < 4.78 is 46.8. The summed E-state index contributed by atoms with van der Waals surface area (Å²) in [4.78, 5) is 4.02. The van der Waals surface area contributed by atoms with E-state index in [1.54, 1.807) is 6.07 Å². The second-order valence-corrected chi connectivity index (χ2v) is 7.17. The predicted octanol–water partition coefficient (Wildman–Crippen LogP) is 3.43. The van der Waals surface area contributed by atoms with E-state index in [1.807, 2.05) is 0 Å². The second-order valence-electron chi connectivity index (χ2n) is 7.17. The third-order valence-electron chi connectivity index (χ3n) is 5.21. The third kappa shape index (κ3) is 3.99. The molecule has 5 nitrogen and oxygen atoms in total. The molecule has 4 N–H and O–H groups in total. The Hall–Kier alpha value is -2.84. The Morgan fingerprint density at radius 3 is 2.62 bits per heavy atom. The lowest BCUT2D eigenvalue weighted by molar-refractivity contribution is 0.0801. The fraction of sp³-hybridized carbons (Fsp3) is 0.286. The zero-order valence-corrected chi connectivity index (χ0v) is 15.5. The van der Waals surface area contributed by atoms with Gasteiger partial charge in [0.05, 0.1) is 6.61 Å². The van der Waals surface area contributed by atoms with Crippen LogP contribution in [0, 0.1) is 17.5 Å². The minimum atomic E-state index is -0.731. The van der Waals surface area contributed by atoms with Gasteiger partial charge in [-0.2, -0.15) is 0 Å². The maximum absolute atomic E-state index is 14.6. The van der Waals surface area contributed by atoms with E-state index in [4.69, 9.17) is 10.5 Å². The Balaban J connectivity index is 1.41. The number of nitrogens with two attached hydrogens (primary N) is 1. The number of anilines is 1. The molecule has 0 unspecified atom stereocenters. The molecule has 0 spiro atoms. The number of benzene rings is 2. The van der Waals surface area contributed by atoms with Crippen molar-refractivity contribution in [3.63, 3.8) is 0 Å². The van der Waals surface area contributed by atoms with Gasteiger partial charge in [0.15, 0.2) is 11.6 Å². The molecule has 29 heavy (non-hydrogen) atoms. The summed E-state index contributed by atoms with van der Waals surface area (Å²) in [5, 5.41) is 14.0. The van der Waals surface area contributed by atoms with Crippen molar-refractivity contribution in [2.45, 2.75) is 38.1 Å². The van der Waals surface area contributed by atoms with Gasteiger partial charge in [-0.3, -0.25) is 0 Å². The van der Waals surface area contributed by atoms with Crippen LogP contribution in [0.4, 0.5) is 19.0 Å². The number of nitrogen functional groups attached to an aromatic ring is 1. The number of nitrogens with one attached hydrogen (secondary N) is 1. The van der Waals surface area contributed by atoms with Crippen molar-refractivity contribution in [3.05, 3.63) is 65.1 Å². The summed E-state index contributed by atoms with van der Waals surface area (Å²) in [6, 6.07) is 6.19. The molecule has 0 radical (unpaired) electrons. The molecule has 0 saturated heterocycles. The van der Waals surface area contributed by atoms with Crippen LogP contribution in [0.15, 0.2) is 36.5 Å². The first kappa shape index (κ1) is 19.5. The number of fused-ring (bicyclic) bond motifs is 1. The average Bonchev–Trinajstić information content (AvgIpc) is 2.65. The van der Waals surface area contributed by atoms with Crippen molar-refractivity contribution >= 4 is 16.6 Å². The van der Waals surface area contributed by atoms with E-state index in [1.165, 1.54) is 18.3 Å². The van der Waals surface area contributed by atoms with Crippen LogP contribution in [-0.2, 0) is 13.2 Å². The number of nitrogens with zero attached hydrogens (tertiary/aromatic N) is 1. The average molecular weight is 403 g/mol. The van der Waals surface area contributed by atoms with Gasteiger partial charge >= 0.3 is 0 Å². The summed E-state index contributed by atoms with van der Waals surface area (Å²) >= 11 is 0. The van der Waals surface area contributed by atoms with E-state index >= 15 is 0 Å². The maximum atomic E-state index is 14.6. The van der Waals surface area contributed by atoms with Crippen LogP contribution in [0.3, 0.4) is 0 Å². The maximum Gasteiger partial charge on any atom is 0.167 e. The monoisotopic (exact) mass is 403 g/mol. The first-order valence-electron chi connectivity index (χ1n) is 9.26. The molecule has 1 saturated carbocycles. The van der Waals surface area contributed by atoms with Gasteiger partial charge in [-0.05, 0) is 48.1 Å². The van der Waals surface area contributed by atoms with Crippen molar-refractivity contribution in [3.8, 4) is 5.75 Å². The molecule has 4 rings (SSSR count). The van der Waals surface area contributed by atoms with Crippen LogP contribution >= 0.6 is 0 Å². The summed E-state index contributed by atoms with van der Waals surface area (Å²) in [7, 11) is 0. The minimum Gasteiger partial charge on any atom is -0.487 e. The molecule has 0 bridgehead atoms. The Labute approximate surface area is 165 Å². The van der Waals surface area contributed by atoms with Crippen LogP contribution in [0.1, 0.15) is 24.0 Å². The molecule has 1 aliphatic carbocycles. The van der Waals surface area contributed by atoms with Gasteiger partial charge in [0.25, 0.3) is 0 Å². The van der Waals surface area contributed by atoms with Crippen molar-refractivity contribution in [1.29, 1.82) is 0 Å². The highest BCUT2D eigenvalue weighted by atomic mass is 19.1. The Morgan fingerprint density at radius 1 is 1.10 bits per heavy atom. The fourth-order valence-corrected chi connectivity index (χ4v) is 3.56. The van der Waals surface area contributed by atoms with Gasteiger partial charge < -0.3 is 20.9 Å². The number of rotatable bonds is 6. The predicted molar refractivity (Wildman–Crippen MR) is 103 cm³/mol. The highest BCUT2D eigenvalue weighted by molar-refractivity contribution is 5.89. The summed E-state index contributed by atoms with van der Waals surface area (Å²) in [5.74, 6) is -1.52. The third-order valence-corrected chi connectivity index (χ3v) is 5.21. The Bertz CT molecular complexity index is 1060. The van der Waals surface area contributed by atoms with Gasteiger partial charge in [0, 0.05) is 35.8 Å². The van der Waals surface area contributed by atoms with Crippen LogP contribution in [0.2, 0.25) is 0 Å². The lowest BCUT2D eigenvalue weighted by atomic mass is 9.88. The minimum absolute atomic E-state index is 0.0226. The Kier molecular flexibility index (Phi) is 5.29. The number of aromatic nitrogens is 1. The number of pyridine rings is 1. The van der Waals surface area contributed by atoms with Crippen LogP contribution in [0.5, 0.6) is 5.75 Å². The standard InChI is InChI=1S/C21H20F3N3O2/c22-12-1-2-20(19(24)4-12)29-14-5-13(6-14)26-9-17-15-7-21(25)27-8-16(15)11(10-28)3-18(17)23/h1-4,7-8,13-14,26,28H,5-6,9-10H2,(H2,25,27)/t13-,14-.